The SMILES string of the molecule is Nc1ccc(-c2ccnc(O[C@@H]3CCN(c4cnn(C5CCCCO5)c(=O)c4Cl)C3)c2)c(F)c1. The fourth-order valence-electron chi connectivity index (χ4n) is 4.40. The third kappa shape index (κ3) is 4.58. The number of hydrogen-bond donors (Lipinski definition) is 1. The Kier molecular flexibility index (Phi) is 6.38. The molecular formula is C24H25ClFN5O3. The number of nitrogen functional groups attached to an aromatic ring is 1. The van der Waals surface area contributed by atoms with Crippen LogP contribution in [0.1, 0.15) is 31.9 Å². The first-order valence-corrected chi connectivity index (χ1v) is 11.7. The Labute approximate surface area is 201 Å². The fraction of sp³-hybridized carbons (Fsp3) is 0.375. The van der Waals surface area contributed by atoms with Gasteiger partial charge >= 0.3 is 0 Å². The molecule has 0 amide bonds. The number of nitrogens with zero attached hydrogens (tertiary/aromatic N) is 4. The number of pyridine rings is 1. The normalized spacial score (nSPS) is 20.5. The van der Waals surface area contributed by atoms with Gasteiger partial charge in [-0.1, -0.05) is 11.6 Å². The summed E-state index contributed by atoms with van der Waals surface area (Å²) in [5.41, 5.74) is 7.32. The van der Waals surface area contributed by atoms with E-state index in [2.05, 4.69) is 10.1 Å². The second-order valence-electron chi connectivity index (χ2n) is 8.51. The lowest BCUT2D eigenvalue weighted by Gasteiger charge is -2.25. The molecule has 2 aliphatic heterocycles. The van der Waals surface area contributed by atoms with Crippen LogP contribution in [0.5, 0.6) is 5.88 Å². The van der Waals surface area contributed by atoms with Crippen LogP contribution in [-0.4, -0.2) is 40.6 Å². The van der Waals surface area contributed by atoms with Crippen molar-refractivity contribution in [1.82, 2.24) is 14.8 Å². The molecule has 2 aliphatic rings. The van der Waals surface area contributed by atoms with Gasteiger partial charge in [0.25, 0.3) is 5.56 Å². The summed E-state index contributed by atoms with van der Waals surface area (Å²) < 4.78 is 27.4. The zero-order chi connectivity index (χ0) is 23.7. The first kappa shape index (κ1) is 22.6. The van der Waals surface area contributed by atoms with Gasteiger partial charge < -0.3 is 20.1 Å². The molecule has 2 saturated heterocycles. The van der Waals surface area contributed by atoms with Crippen molar-refractivity contribution in [3.63, 3.8) is 0 Å². The van der Waals surface area contributed by atoms with Gasteiger partial charge in [-0.15, -0.1) is 0 Å². The maximum Gasteiger partial charge on any atom is 0.290 e. The first-order valence-electron chi connectivity index (χ1n) is 11.3. The Morgan fingerprint density at radius 1 is 1.21 bits per heavy atom. The van der Waals surface area contributed by atoms with E-state index in [0.29, 0.717) is 54.5 Å². The Balaban J connectivity index is 1.29. The topological polar surface area (TPSA) is 95.5 Å². The number of anilines is 2. The molecule has 0 bridgehead atoms. The summed E-state index contributed by atoms with van der Waals surface area (Å²) in [5, 5.41) is 4.46. The van der Waals surface area contributed by atoms with Crippen molar-refractivity contribution < 1.29 is 13.9 Å². The van der Waals surface area contributed by atoms with Gasteiger partial charge in [0.05, 0.1) is 18.4 Å². The molecule has 3 aromatic rings. The molecule has 0 spiro atoms. The molecule has 0 radical (unpaired) electrons. The van der Waals surface area contributed by atoms with E-state index < -0.39 is 5.82 Å². The lowest BCUT2D eigenvalue weighted by molar-refractivity contribution is -0.0424. The molecule has 8 nitrogen and oxygen atoms in total. The van der Waals surface area contributed by atoms with Gasteiger partial charge in [0.15, 0.2) is 6.23 Å². The Hall–Kier alpha value is -3.17. The number of benzene rings is 1. The molecule has 0 aliphatic carbocycles. The molecule has 1 aromatic carbocycles. The summed E-state index contributed by atoms with van der Waals surface area (Å²) in [6.07, 6.45) is 6.10. The average Bonchev–Trinajstić information content (AvgIpc) is 3.29. The Morgan fingerprint density at radius 3 is 2.88 bits per heavy atom. The van der Waals surface area contributed by atoms with Crippen LogP contribution in [0, 0.1) is 5.82 Å². The van der Waals surface area contributed by atoms with Crippen LogP contribution in [0.3, 0.4) is 0 Å². The zero-order valence-electron chi connectivity index (χ0n) is 18.5. The smallest absolute Gasteiger partial charge is 0.290 e. The molecule has 178 valence electrons. The summed E-state index contributed by atoms with van der Waals surface area (Å²) >= 11 is 6.45. The second-order valence-corrected chi connectivity index (χ2v) is 8.89. The molecule has 4 heterocycles. The summed E-state index contributed by atoms with van der Waals surface area (Å²) in [4.78, 5) is 19.1. The fourth-order valence-corrected chi connectivity index (χ4v) is 4.65. The molecule has 34 heavy (non-hydrogen) atoms. The predicted molar refractivity (Wildman–Crippen MR) is 128 cm³/mol. The third-order valence-corrected chi connectivity index (χ3v) is 6.52. The number of aromatic nitrogens is 3. The van der Waals surface area contributed by atoms with Gasteiger partial charge in [-0.3, -0.25) is 4.79 Å². The highest BCUT2D eigenvalue weighted by molar-refractivity contribution is 6.33. The molecule has 5 rings (SSSR count). The molecule has 2 fully saturated rings. The lowest BCUT2D eigenvalue weighted by Crippen LogP contribution is -2.33. The van der Waals surface area contributed by atoms with Gasteiger partial charge in [0.1, 0.15) is 16.9 Å². The van der Waals surface area contributed by atoms with E-state index in [-0.39, 0.29) is 22.9 Å². The van der Waals surface area contributed by atoms with Gasteiger partial charge in [-0.25, -0.2) is 9.37 Å². The first-order chi connectivity index (χ1) is 16.5. The summed E-state index contributed by atoms with van der Waals surface area (Å²) in [6.45, 7) is 1.79. The molecule has 1 unspecified atom stereocenters. The minimum Gasteiger partial charge on any atom is -0.472 e. The van der Waals surface area contributed by atoms with Crippen molar-refractivity contribution in [2.45, 2.75) is 38.0 Å². The summed E-state index contributed by atoms with van der Waals surface area (Å²) in [7, 11) is 0. The molecular weight excluding hydrogens is 461 g/mol. The van der Waals surface area contributed by atoms with E-state index in [4.69, 9.17) is 26.8 Å². The van der Waals surface area contributed by atoms with E-state index in [1.165, 1.54) is 10.7 Å². The van der Waals surface area contributed by atoms with Gasteiger partial charge in [0.2, 0.25) is 5.88 Å². The standard InChI is InChI=1S/C24H25ClFN5O3/c25-23-20(13-29-31(24(23)32)22-3-1-2-10-33-22)30-9-7-17(14-30)34-21-11-15(6-8-28-21)18-5-4-16(27)12-19(18)26/h4-6,8,11-13,17,22H,1-3,7,9-10,14,27H2/t17-,22?/m1/s1. The molecule has 10 heteroatoms. The van der Waals surface area contributed by atoms with Gasteiger partial charge in [-0.2, -0.15) is 9.78 Å². The largest absolute Gasteiger partial charge is 0.472 e. The van der Waals surface area contributed by atoms with Gasteiger partial charge in [-0.05, 0) is 49.1 Å². The van der Waals surface area contributed by atoms with Crippen molar-refractivity contribution >= 4 is 23.0 Å². The quantitative estimate of drug-likeness (QED) is 0.545. The minimum absolute atomic E-state index is 0.128. The lowest BCUT2D eigenvalue weighted by atomic mass is 10.1. The van der Waals surface area contributed by atoms with Crippen molar-refractivity contribution in [2.24, 2.45) is 0 Å². The number of nitrogens with two attached hydrogens (primary N) is 1. The highest BCUT2D eigenvalue weighted by atomic mass is 35.5. The van der Waals surface area contributed by atoms with Crippen LogP contribution in [0.15, 0.2) is 47.5 Å². The van der Waals surface area contributed by atoms with Crippen LogP contribution in [0.4, 0.5) is 15.8 Å². The zero-order valence-corrected chi connectivity index (χ0v) is 19.2. The van der Waals surface area contributed by atoms with Crippen molar-refractivity contribution in [3.8, 4) is 17.0 Å². The van der Waals surface area contributed by atoms with Gasteiger partial charge in [0, 0.05) is 43.1 Å². The second kappa shape index (κ2) is 9.60. The van der Waals surface area contributed by atoms with E-state index in [1.807, 2.05) is 4.90 Å². The maximum absolute atomic E-state index is 14.3. The number of halogens is 2. The number of ether oxygens (including phenoxy) is 2. The monoisotopic (exact) mass is 485 g/mol. The van der Waals surface area contributed by atoms with E-state index in [9.17, 15) is 9.18 Å². The predicted octanol–water partition coefficient (Wildman–Crippen LogP) is 4.04. The molecule has 2 aromatic heterocycles. The van der Waals surface area contributed by atoms with Crippen LogP contribution >= 0.6 is 11.6 Å². The minimum atomic E-state index is -0.403. The van der Waals surface area contributed by atoms with Crippen molar-refractivity contribution in [1.29, 1.82) is 0 Å². The molecule has 0 saturated carbocycles. The Bertz CT molecular complexity index is 1250. The maximum atomic E-state index is 14.3. The summed E-state index contributed by atoms with van der Waals surface area (Å²) in [6, 6.07) is 8.00. The van der Waals surface area contributed by atoms with E-state index >= 15 is 0 Å². The Morgan fingerprint density at radius 2 is 2.09 bits per heavy atom. The van der Waals surface area contributed by atoms with E-state index in [0.717, 1.165) is 19.3 Å². The molecule has 2 atom stereocenters. The van der Waals surface area contributed by atoms with E-state index in [1.54, 1.807) is 36.7 Å². The number of rotatable bonds is 5. The van der Waals surface area contributed by atoms with Crippen molar-refractivity contribution in [2.75, 3.05) is 30.3 Å². The van der Waals surface area contributed by atoms with Crippen LogP contribution in [0.2, 0.25) is 5.02 Å². The summed E-state index contributed by atoms with van der Waals surface area (Å²) in [5.74, 6) is -0.00523. The number of hydrogen-bond acceptors (Lipinski definition) is 7. The highest BCUT2D eigenvalue weighted by Gasteiger charge is 2.28. The molecule has 2 N–H and O–H groups in total. The third-order valence-electron chi connectivity index (χ3n) is 6.17. The van der Waals surface area contributed by atoms with Crippen molar-refractivity contribution in [3.05, 3.63) is 63.9 Å². The van der Waals surface area contributed by atoms with Crippen LogP contribution < -0.4 is 20.9 Å². The van der Waals surface area contributed by atoms with Crippen LogP contribution in [0.25, 0.3) is 11.1 Å². The van der Waals surface area contributed by atoms with Crippen LogP contribution in [-0.2, 0) is 4.74 Å². The highest BCUT2D eigenvalue weighted by Crippen LogP contribution is 2.30. The average molecular weight is 486 g/mol.